The molecule has 2 aromatic heterocycles. The summed E-state index contributed by atoms with van der Waals surface area (Å²) in [5.41, 5.74) is 8.58. The van der Waals surface area contributed by atoms with Crippen LogP contribution in [0.15, 0.2) is 122 Å². The van der Waals surface area contributed by atoms with E-state index in [1.54, 1.807) is 0 Å². The summed E-state index contributed by atoms with van der Waals surface area (Å²) in [6.45, 7) is 0. The molecule has 0 N–H and O–H groups in total. The number of anilines is 3. The Bertz CT molecular complexity index is 1240. The van der Waals surface area contributed by atoms with E-state index in [4.69, 9.17) is 0 Å². The first kappa shape index (κ1) is 19.8. The third kappa shape index (κ3) is 4.16. The van der Waals surface area contributed by atoms with Crippen molar-refractivity contribution in [2.24, 2.45) is 0 Å². The highest BCUT2D eigenvalue weighted by molar-refractivity contribution is 6.32. The summed E-state index contributed by atoms with van der Waals surface area (Å²) in [6, 6.07) is 37.6. The first-order chi connectivity index (χ1) is 15.8. The molecule has 3 aromatic carbocycles. The largest absolute Gasteiger partial charge is 0.310 e. The van der Waals surface area contributed by atoms with Crippen LogP contribution in [0.5, 0.6) is 0 Å². The van der Waals surface area contributed by atoms with Gasteiger partial charge in [-0.1, -0.05) is 54.0 Å². The Hall–Kier alpha value is -4.18. The van der Waals surface area contributed by atoms with E-state index in [1.807, 2.05) is 48.8 Å². The Kier molecular flexibility index (Phi) is 5.50. The molecule has 0 radical (unpaired) electrons. The molecule has 0 aliphatic carbocycles. The molecule has 0 bridgehead atoms. The quantitative estimate of drug-likeness (QED) is 0.356. The fraction of sp³-hybridized carbons (Fsp3) is 0. The molecule has 0 aliphatic rings. The highest BCUT2D eigenvalue weighted by Crippen LogP contribution is 2.37. The zero-order valence-electron chi connectivity index (χ0n) is 17.9. The van der Waals surface area contributed by atoms with Crippen LogP contribution in [-0.2, 0) is 0 Å². The summed E-state index contributed by atoms with van der Waals surface area (Å²) in [6.07, 6.45) is 3.66. The lowest BCUT2D eigenvalue weighted by atomic mass is 9.96. The number of nitrogens with zero attached hydrogens (tertiary/aromatic N) is 3. The van der Waals surface area contributed by atoms with Crippen molar-refractivity contribution in [2.45, 2.75) is 0 Å². The van der Waals surface area contributed by atoms with Crippen molar-refractivity contribution in [1.29, 1.82) is 0 Å². The van der Waals surface area contributed by atoms with E-state index in [0.717, 1.165) is 39.6 Å². The highest BCUT2D eigenvalue weighted by atomic mass is 15.1. The second-order valence-corrected chi connectivity index (χ2v) is 7.70. The molecular formula is C28H22BN3. The number of hydrogen-bond acceptors (Lipinski definition) is 3. The third-order valence-corrected chi connectivity index (χ3v) is 5.42. The predicted molar refractivity (Wildman–Crippen MR) is 136 cm³/mol. The molecule has 0 unspecified atom stereocenters. The van der Waals surface area contributed by atoms with E-state index in [0.29, 0.717) is 0 Å². The van der Waals surface area contributed by atoms with Crippen LogP contribution >= 0.6 is 0 Å². The van der Waals surface area contributed by atoms with Gasteiger partial charge < -0.3 is 4.90 Å². The molecule has 0 amide bonds. The van der Waals surface area contributed by atoms with Crippen molar-refractivity contribution in [3.63, 3.8) is 0 Å². The maximum Gasteiger partial charge on any atom is 0.139 e. The number of pyridine rings is 2. The van der Waals surface area contributed by atoms with Gasteiger partial charge in [0.25, 0.3) is 0 Å². The molecule has 0 saturated heterocycles. The monoisotopic (exact) mass is 411 g/mol. The van der Waals surface area contributed by atoms with E-state index < -0.39 is 0 Å². The van der Waals surface area contributed by atoms with Gasteiger partial charge in [0.1, 0.15) is 7.85 Å². The molecule has 152 valence electrons. The summed E-state index contributed by atoms with van der Waals surface area (Å²) in [5, 5.41) is 0. The van der Waals surface area contributed by atoms with Crippen LogP contribution in [0.4, 0.5) is 17.1 Å². The van der Waals surface area contributed by atoms with Crippen molar-refractivity contribution < 1.29 is 0 Å². The average Bonchev–Trinajstić information content (AvgIpc) is 2.87. The SMILES string of the molecule is Bc1ccc(N(c2cccc(-c3ccccn3)c2)c2cccc(-c3ccccn3)c2)cc1. The average molecular weight is 411 g/mol. The molecule has 0 saturated carbocycles. The Balaban J connectivity index is 1.64. The van der Waals surface area contributed by atoms with Crippen LogP contribution in [0.2, 0.25) is 0 Å². The fourth-order valence-corrected chi connectivity index (χ4v) is 3.82. The summed E-state index contributed by atoms with van der Waals surface area (Å²) >= 11 is 0. The molecule has 0 aliphatic heterocycles. The van der Waals surface area contributed by atoms with Crippen LogP contribution in [0.25, 0.3) is 22.5 Å². The zero-order valence-corrected chi connectivity index (χ0v) is 17.9. The summed E-state index contributed by atoms with van der Waals surface area (Å²) < 4.78 is 0. The predicted octanol–water partition coefficient (Wildman–Crippen LogP) is 5.54. The highest BCUT2D eigenvalue weighted by Gasteiger charge is 2.14. The number of rotatable bonds is 5. The molecule has 0 fully saturated rings. The molecule has 32 heavy (non-hydrogen) atoms. The van der Waals surface area contributed by atoms with Gasteiger partial charge in [0.2, 0.25) is 0 Å². The minimum Gasteiger partial charge on any atom is -0.310 e. The van der Waals surface area contributed by atoms with Gasteiger partial charge in [0.15, 0.2) is 0 Å². The van der Waals surface area contributed by atoms with Crippen LogP contribution in [0.1, 0.15) is 0 Å². The van der Waals surface area contributed by atoms with E-state index in [2.05, 4.69) is 95.5 Å². The molecular weight excluding hydrogens is 389 g/mol. The van der Waals surface area contributed by atoms with Crippen LogP contribution < -0.4 is 10.4 Å². The summed E-state index contributed by atoms with van der Waals surface area (Å²) in [4.78, 5) is 11.3. The van der Waals surface area contributed by atoms with Gasteiger partial charge >= 0.3 is 0 Å². The molecule has 0 spiro atoms. The topological polar surface area (TPSA) is 29.0 Å². The standard InChI is InChI=1S/C28H22BN3/c29-23-13-15-24(16-14-23)32(25-9-5-7-21(19-25)27-11-1-3-17-30-27)26-10-6-8-22(20-26)28-12-2-4-18-31-28/h1-20H,29H2. The zero-order chi connectivity index (χ0) is 21.8. The van der Waals surface area contributed by atoms with Crippen LogP contribution in [0.3, 0.4) is 0 Å². The van der Waals surface area contributed by atoms with Gasteiger partial charge in [-0.25, -0.2) is 0 Å². The fourth-order valence-electron chi connectivity index (χ4n) is 3.82. The van der Waals surface area contributed by atoms with Gasteiger partial charge in [-0.15, -0.1) is 0 Å². The van der Waals surface area contributed by atoms with Gasteiger partial charge in [-0.05, 0) is 60.7 Å². The first-order valence-electron chi connectivity index (χ1n) is 10.7. The van der Waals surface area contributed by atoms with Crippen molar-refractivity contribution in [3.8, 4) is 22.5 Å². The normalized spacial score (nSPS) is 10.6. The van der Waals surface area contributed by atoms with Crippen LogP contribution in [-0.4, -0.2) is 17.8 Å². The number of hydrogen-bond donors (Lipinski definition) is 0. The van der Waals surface area contributed by atoms with Crippen molar-refractivity contribution in [3.05, 3.63) is 122 Å². The third-order valence-electron chi connectivity index (χ3n) is 5.42. The maximum absolute atomic E-state index is 4.53. The Morgan fingerprint density at radius 1 is 0.500 bits per heavy atom. The van der Waals surface area contributed by atoms with E-state index in [9.17, 15) is 0 Å². The summed E-state index contributed by atoms with van der Waals surface area (Å²) in [7, 11) is 2.11. The maximum atomic E-state index is 4.53. The van der Waals surface area contributed by atoms with E-state index in [-0.39, 0.29) is 0 Å². The Labute approximate surface area is 189 Å². The smallest absolute Gasteiger partial charge is 0.139 e. The molecule has 0 atom stereocenters. The lowest BCUT2D eigenvalue weighted by molar-refractivity contribution is 1.27. The van der Waals surface area contributed by atoms with E-state index >= 15 is 0 Å². The molecule has 2 heterocycles. The van der Waals surface area contributed by atoms with Gasteiger partial charge in [0.05, 0.1) is 11.4 Å². The lowest BCUT2D eigenvalue weighted by Crippen LogP contribution is -2.11. The first-order valence-corrected chi connectivity index (χ1v) is 10.7. The van der Waals surface area contributed by atoms with Crippen molar-refractivity contribution >= 4 is 30.4 Å². The van der Waals surface area contributed by atoms with Gasteiger partial charge in [0, 0.05) is 40.6 Å². The Morgan fingerprint density at radius 3 is 1.50 bits per heavy atom. The minimum atomic E-state index is 0.959. The minimum absolute atomic E-state index is 0.959. The van der Waals surface area contributed by atoms with Crippen LogP contribution in [0, 0.1) is 0 Å². The molecule has 4 heteroatoms. The van der Waals surface area contributed by atoms with E-state index in [1.165, 1.54) is 5.46 Å². The lowest BCUT2D eigenvalue weighted by Gasteiger charge is -2.26. The second-order valence-electron chi connectivity index (χ2n) is 7.70. The van der Waals surface area contributed by atoms with Crippen molar-refractivity contribution in [2.75, 3.05) is 4.90 Å². The summed E-state index contributed by atoms with van der Waals surface area (Å²) in [5.74, 6) is 0. The molecule has 5 rings (SSSR count). The van der Waals surface area contributed by atoms with Crippen molar-refractivity contribution in [1.82, 2.24) is 9.97 Å². The second kappa shape index (κ2) is 8.90. The Morgan fingerprint density at radius 2 is 1.03 bits per heavy atom. The van der Waals surface area contributed by atoms with Gasteiger partial charge in [-0.3, -0.25) is 9.97 Å². The van der Waals surface area contributed by atoms with Gasteiger partial charge in [-0.2, -0.15) is 0 Å². The molecule has 3 nitrogen and oxygen atoms in total. The molecule has 5 aromatic rings. The number of benzene rings is 3. The number of aromatic nitrogens is 2.